The van der Waals surface area contributed by atoms with Crippen LogP contribution in [0.5, 0.6) is 11.5 Å². The summed E-state index contributed by atoms with van der Waals surface area (Å²) in [5.41, 5.74) is 2.28. The number of carbonyl (C=O) groups is 1. The lowest BCUT2D eigenvalue weighted by atomic mass is 10.0. The lowest BCUT2D eigenvalue weighted by Crippen LogP contribution is -2.16. The minimum Gasteiger partial charge on any atom is -0.486 e. The fourth-order valence-electron chi connectivity index (χ4n) is 2.13. The molecule has 0 amide bonds. The molecule has 0 unspecified atom stereocenters. The molecule has 0 atom stereocenters. The Morgan fingerprint density at radius 2 is 1.67 bits per heavy atom. The van der Waals surface area contributed by atoms with E-state index in [4.69, 9.17) is 9.47 Å². The first-order valence-electron chi connectivity index (χ1n) is 6.46. The number of benzene rings is 2. The lowest BCUT2D eigenvalue weighted by Gasteiger charge is -2.19. The predicted octanol–water partition coefficient (Wildman–Crippen LogP) is 4.52. The van der Waals surface area contributed by atoms with E-state index < -0.39 is 0 Å². The molecule has 0 bridgehead atoms. The Morgan fingerprint density at radius 1 is 1.00 bits per heavy atom. The first-order chi connectivity index (χ1) is 10.1. The molecule has 2 aromatic rings. The molecule has 1 aliphatic heterocycles. The Balaban J connectivity index is 2.03. The van der Waals surface area contributed by atoms with E-state index in [-0.39, 0.29) is 5.78 Å². The Bertz CT molecular complexity index is 726. The molecule has 3 nitrogen and oxygen atoms in total. The number of rotatable bonds is 2. The summed E-state index contributed by atoms with van der Waals surface area (Å²) in [6.07, 6.45) is 0. The highest BCUT2D eigenvalue weighted by atomic mass is 79.9. The number of ketones is 1. The summed E-state index contributed by atoms with van der Waals surface area (Å²) in [7, 11) is 0. The summed E-state index contributed by atoms with van der Waals surface area (Å²) in [6.45, 7) is 3.01. The van der Waals surface area contributed by atoms with Gasteiger partial charge in [-0.25, -0.2) is 0 Å². The van der Waals surface area contributed by atoms with Crippen LogP contribution in [-0.4, -0.2) is 19.0 Å². The van der Waals surface area contributed by atoms with Gasteiger partial charge in [0.05, 0.1) is 0 Å². The largest absolute Gasteiger partial charge is 0.486 e. The zero-order valence-corrected chi connectivity index (χ0v) is 14.5. The van der Waals surface area contributed by atoms with E-state index in [1.54, 1.807) is 12.1 Å². The average molecular weight is 412 g/mol. The van der Waals surface area contributed by atoms with E-state index in [1.807, 2.05) is 25.1 Å². The SMILES string of the molecule is Cc1ccc(C(=O)c2cc3c(cc2Br)OCCO3)cc1Br. The minimum atomic E-state index is -0.0560. The third kappa shape index (κ3) is 2.85. The lowest BCUT2D eigenvalue weighted by molar-refractivity contribution is 0.103. The highest BCUT2D eigenvalue weighted by Gasteiger charge is 2.20. The number of ether oxygens (including phenoxy) is 2. The summed E-state index contributed by atoms with van der Waals surface area (Å²) in [6, 6.07) is 9.09. The first kappa shape index (κ1) is 14.6. The number of hydrogen-bond acceptors (Lipinski definition) is 3. The topological polar surface area (TPSA) is 35.5 Å². The normalized spacial score (nSPS) is 13.1. The maximum Gasteiger partial charge on any atom is 0.194 e. The monoisotopic (exact) mass is 410 g/mol. The third-order valence-electron chi connectivity index (χ3n) is 3.31. The first-order valence-corrected chi connectivity index (χ1v) is 8.05. The van der Waals surface area contributed by atoms with Crippen LogP contribution in [0.25, 0.3) is 0 Å². The summed E-state index contributed by atoms with van der Waals surface area (Å²) in [4.78, 5) is 12.7. The molecule has 1 aliphatic rings. The second kappa shape index (κ2) is 5.81. The van der Waals surface area contributed by atoms with Crippen LogP contribution in [0.4, 0.5) is 0 Å². The van der Waals surface area contributed by atoms with Crippen LogP contribution in [-0.2, 0) is 0 Å². The van der Waals surface area contributed by atoms with Crippen molar-refractivity contribution in [3.8, 4) is 11.5 Å². The van der Waals surface area contributed by atoms with E-state index in [0.29, 0.717) is 40.3 Å². The zero-order valence-electron chi connectivity index (χ0n) is 11.3. The van der Waals surface area contributed by atoms with Gasteiger partial charge in [-0.05, 0) is 46.6 Å². The third-order valence-corrected chi connectivity index (χ3v) is 4.82. The molecule has 2 aromatic carbocycles. The number of halogens is 2. The van der Waals surface area contributed by atoms with Crippen LogP contribution < -0.4 is 9.47 Å². The Labute approximate surface area is 139 Å². The van der Waals surface area contributed by atoms with Gasteiger partial charge in [0.15, 0.2) is 17.3 Å². The standard InChI is InChI=1S/C16H12Br2O3/c1-9-2-3-10(6-12(9)17)16(19)11-7-14-15(8-13(11)18)21-5-4-20-14/h2-3,6-8H,4-5H2,1H3. The van der Waals surface area contributed by atoms with Crippen molar-refractivity contribution in [1.29, 1.82) is 0 Å². The van der Waals surface area contributed by atoms with Crippen LogP contribution in [0, 0.1) is 6.92 Å². The molecule has 3 rings (SSSR count). The quantitative estimate of drug-likeness (QED) is 0.681. The van der Waals surface area contributed by atoms with Crippen molar-refractivity contribution in [1.82, 2.24) is 0 Å². The smallest absolute Gasteiger partial charge is 0.194 e. The van der Waals surface area contributed by atoms with Gasteiger partial charge in [0.2, 0.25) is 0 Å². The Kier molecular flexibility index (Phi) is 4.04. The molecule has 0 saturated carbocycles. The molecule has 0 spiro atoms. The van der Waals surface area contributed by atoms with Crippen molar-refractivity contribution in [3.05, 3.63) is 56.0 Å². The van der Waals surface area contributed by atoms with Gasteiger partial charge in [0.1, 0.15) is 13.2 Å². The van der Waals surface area contributed by atoms with Gasteiger partial charge in [-0.15, -0.1) is 0 Å². The zero-order chi connectivity index (χ0) is 15.0. The van der Waals surface area contributed by atoms with Crippen LogP contribution in [0.3, 0.4) is 0 Å². The number of aryl methyl sites for hydroxylation is 1. The molecule has 0 radical (unpaired) electrons. The van der Waals surface area contributed by atoms with E-state index in [9.17, 15) is 4.79 Å². The molecule has 0 aromatic heterocycles. The van der Waals surface area contributed by atoms with Gasteiger partial charge in [-0.1, -0.05) is 28.1 Å². The van der Waals surface area contributed by atoms with Gasteiger partial charge in [-0.3, -0.25) is 4.79 Å². The summed E-state index contributed by atoms with van der Waals surface area (Å²) >= 11 is 6.90. The van der Waals surface area contributed by atoms with Crippen molar-refractivity contribution in [3.63, 3.8) is 0 Å². The highest BCUT2D eigenvalue weighted by Crippen LogP contribution is 2.36. The summed E-state index contributed by atoms with van der Waals surface area (Å²) < 4.78 is 12.7. The second-order valence-corrected chi connectivity index (χ2v) is 6.48. The maximum atomic E-state index is 12.7. The molecule has 1 heterocycles. The van der Waals surface area contributed by atoms with Gasteiger partial charge in [0, 0.05) is 20.1 Å². The molecular formula is C16H12Br2O3. The van der Waals surface area contributed by atoms with E-state index in [2.05, 4.69) is 31.9 Å². The second-order valence-electron chi connectivity index (χ2n) is 4.77. The summed E-state index contributed by atoms with van der Waals surface area (Å²) in [5, 5.41) is 0. The molecule has 21 heavy (non-hydrogen) atoms. The molecule has 0 aliphatic carbocycles. The molecule has 0 fully saturated rings. The maximum absolute atomic E-state index is 12.7. The predicted molar refractivity (Wildman–Crippen MR) is 87.4 cm³/mol. The van der Waals surface area contributed by atoms with Crippen molar-refractivity contribution < 1.29 is 14.3 Å². The van der Waals surface area contributed by atoms with Crippen molar-refractivity contribution in [2.45, 2.75) is 6.92 Å². The molecule has 108 valence electrons. The molecule has 0 saturated heterocycles. The average Bonchev–Trinajstić information content (AvgIpc) is 2.48. The van der Waals surface area contributed by atoms with Crippen molar-refractivity contribution in [2.24, 2.45) is 0 Å². The van der Waals surface area contributed by atoms with Gasteiger partial charge < -0.3 is 9.47 Å². The van der Waals surface area contributed by atoms with E-state index in [0.717, 1.165) is 10.0 Å². The van der Waals surface area contributed by atoms with Crippen LogP contribution in [0.1, 0.15) is 21.5 Å². The van der Waals surface area contributed by atoms with Crippen LogP contribution in [0.2, 0.25) is 0 Å². The summed E-state index contributed by atoms with van der Waals surface area (Å²) in [5.74, 6) is 1.22. The number of carbonyl (C=O) groups excluding carboxylic acids is 1. The molecule has 0 N–H and O–H groups in total. The van der Waals surface area contributed by atoms with Crippen molar-refractivity contribution in [2.75, 3.05) is 13.2 Å². The minimum absolute atomic E-state index is 0.0560. The van der Waals surface area contributed by atoms with Crippen molar-refractivity contribution >= 4 is 37.6 Å². The van der Waals surface area contributed by atoms with Crippen LogP contribution >= 0.6 is 31.9 Å². The van der Waals surface area contributed by atoms with Gasteiger partial charge in [0.25, 0.3) is 0 Å². The fraction of sp³-hybridized carbons (Fsp3) is 0.188. The van der Waals surface area contributed by atoms with Gasteiger partial charge >= 0.3 is 0 Å². The van der Waals surface area contributed by atoms with Gasteiger partial charge in [-0.2, -0.15) is 0 Å². The number of hydrogen-bond donors (Lipinski definition) is 0. The van der Waals surface area contributed by atoms with E-state index >= 15 is 0 Å². The van der Waals surface area contributed by atoms with Crippen LogP contribution in [0.15, 0.2) is 39.3 Å². The highest BCUT2D eigenvalue weighted by molar-refractivity contribution is 9.10. The molecule has 5 heteroatoms. The fourth-order valence-corrected chi connectivity index (χ4v) is 3.01. The Morgan fingerprint density at radius 3 is 2.33 bits per heavy atom. The molecular weight excluding hydrogens is 400 g/mol. The number of fused-ring (bicyclic) bond motifs is 1. The van der Waals surface area contributed by atoms with E-state index in [1.165, 1.54) is 0 Å². The Hall–Kier alpha value is -1.33.